The van der Waals surface area contributed by atoms with E-state index < -0.39 is 16.4 Å². The standard InChI is InChI=1S/C13H16N2O6/c16-12(14-8-13(17)4-5-20-9-13)7-21-11-3-1-2-10(6-11)15(18)19/h1-3,6,17H,4-5,7-9H2,(H,14,16). The first-order valence-electron chi connectivity index (χ1n) is 6.43. The minimum Gasteiger partial charge on any atom is -0.484 e. The van der Waals surface area contributed by atoms with Crippen LogP contribution >= 0.6 is 0 Å². The van der Waals surface area contributed by atoms with Crippen molar-refractivity contribution in [2.24, 2.45) is 0 Å². The fourth-order valence-electron chi connectivity index (χ4n) is 1.89. The van der Waals surface area contributed by atoms with E-state index in [0.29, 0.717) is 13.0 Å². The van der Waals surface area contributed by atoms with E-state index in [4.69, 9.17) is 9.47 Å². The largest absolute Gasteiger partial charge is 0.484 e. The maximum absolute atomic E-state index is 11.6. The number of rotatable bonds is 6. The molecule has 1 amide bonds. The summed E-state index contributed by atoms with van der Waals surface area (Å²) in [4.78, 5) is 21.7. The third-order valence-electron chi connectivity index (χ3n) is 3.10. The van der Waals surface area contributed by atoms with Crippen LogP contribution in [-0.4, -0.2) is 47.9 Å². The lowest BCUT2D eigenvalue weighted by atomic mass is 10.0. The SMILES string of the molecule is O=C(COc1cccc([N+](=O)[O-])c1)NCC1(O)CCOC1. The number of ether oxygens (including phenoxy) is 2. The highest BCUT2D eigenvalue weighted by atomic mass is 16.6. The Bertz CT molecular complexity index is 527. The van der Waals surface area contributed by atoms with Gasteiger partial charge in [-0.3, -0.25) is 14.9 Å². The van der Waals surface area contributed by atoms with Crippen LogP contribution in [0.25, 0.3) is 0 Å². The minimum atomic E-state index is -1.03. The smallest absolute Gasteiger partial charge is 0.273 e. The van der Waals surface area contributed by atoms with Crippen LogP contribution in [0.3, 0.4) is 0 Å². The number of nitrogens with one attached hydrogen (secondary N) is 1. The molecule has 1 saturated heterocycles. The minimum absolute atomic E-state index is 0.0874. The van der Waals surface area contributed by atoms with Crippen LogP contribution in [0, 0.1) is 10.1 Å². The number of nitrogens with zero attached hydrogens (tertiary/aromatic N) is 1. The van der Waals surface area contributed by atoms with Crippen molar-refractivity contribution in [2.45, 2.75) is 12.0 Å². The first-order chi connectivity index (χ1) is 9.98. The number of amides is 1. The fraction of sp³-hybridized carbons (Fsp3) is 0.462. The summed E-state index contributed by atoms with van der Waals surface area (Å²) in [5.74, 6) is -0.177. The van der Waals surface area contributed by atoms with E-state index in [9.17, 15) is 20.0 Å². The highest BCUT2D eigenvalue weighted by molar-refractivity contribution is 5.77. The summed E-state index contributed by atoms with van der Waals surface area (Å²) in [5, 5.41) is 23.1. The molecule has 1 aliphatic heterocycles. The summed E-state index contributed by atoms with van der Waals surface area (Å²) in [6.07, 6.45) is 0.471. The molecule has 1 aromatic carbocycles. The monoisotopic (exact) mass is 296 g/mol. The maximum Gasteiger partial charge on any atom is 0.273 e. The third kappa shape index (κ3) is 4.40. The fourth-order valence-corrected chi connectivity index (χ4v) is 1.89. The summed E-state index contributed by atoms with van der Waals surface area (Å²) < 4.78 is 10.2. The third-order valence-corrected chi connectivity index (χ3v) is 3.10. The lowest BCUT2D eigenvalue weighted by Crippen LogP contribution is -2.44. The molecule has 1 aromatic rings. The van der Waals surface area contributed by atoms with E-state index >= 15 is 0 Å². The second kappa shape index (κ2) is 6.51. The van der Waals surface area contributed by atoms with Gasteiger partial charge in [0.1, 0.15) is 11.4 Å². The summed E-state index contributed by atoms with van der Waals surface area (Å²) in [6.45, 7) is 0.470. The van der Waals surface area contributed by atoms with Crippen molar-refractivity contribution >= 4 is 11.6 Å². The van der Waals surface area contributed by atoms with Gasteiger partial charge in [0.25, 0.3) is 11.6 Å². The molecule has 8 nitrogen and oxygen atoms in total. The molecule has 0 aliphatic carbocycles. The van der Waals surface area contributed by atoms with E-state index in [0.717, 1.165) is 0 Å². The molecule has 0 aromatic heterocycles. The maximum atomic E-state index is 11.6. The number of non-ortho nitro benzene ring substituents is 1. The molecule has 8 heteroatoms. The Morgan fingerprint density at radius 3 is 3.05 bits per heavy atom. The van der Waals surface area contributed by atoms with Gasteiger partial charge in [0, 0.05) is 25.6 Å². The van der Waals surface area contributed by atoms with Crippen LogP contribution in [-0.2, 0) is 9.53 Å². The lowest BCUT2D eigenvalue weighted by Gasteiger charge is -2.20. The molecule has 21 heavy (non-hydrogen) atoms. The molecule has 0 bridgehead atoms. The first-order valence-corrected chi connectivity index (χ1v) is 6.43. The number of hydrogen-bond acceptors (Lipinski definition) is 6. The summed E-state index contributed by atoms with van der Waals surface area (Å²) >= 11 is 0. The molecule has 1 unspecified atom stereocenters. The number of carbonyl (C=O) groups excluding carboxylic acids is 1. The van der Waals surface area contributed by atoms with Gasteiger partial charge >= 0.3 is 0 Å². The molecule has 2 rings (SSSR count). The number of carbonyl (C=O) groups is 1. The number of nitro benzene ring substituents is 1. The Kier molecular flexibility index (Phi) is 4.71. The van der Waals surface area contributed by atoms with Crippen molar-refractivity contribution in [3.63, 3.8) is 0 Å². The normalized spacial score (nSPS) is 21.0. The van der Waals surface area contributed by atoms with Gasteiger partial charge in [-0.2, -0.15) is 0 Å². The zero-order valence-corrected chi connectivity index (χ0v) is 11.3. The second-order valence-electron chi connectivity index (χ2n) is 4.85. The summed E-state index contributed by atoms with van der Waals surface area (Å²) in [6, 6.07) is 5.58. The number of aliphatic hydroxyl groups is 1. The van der Waals surface area contributed by atoms with Crippen molar-refractivity contribution in [1.82, 2.24) is 5.32 Å². The molecule has 0 radical (unpaired) electrons. The van der Waals surface area contributed by atoms with Crippen molar-refractivity contribution < 1.29 is 24.3 Å². The van der Waals surface area contributed by atoms with E-state index in [2.05, 4.69) is 5.32 Å². The van der Waals surface area contributed by atoms with E-state index in [-0.39, 0.29) is 31.2 Å². The van der Waals surface area contributed by atoms with Gasteiger partial charge in [0.15, 0.2) is 6.61 Å². The Morgan fingerprint density at radius 1 is 1.57 bits per heavy atom. The van der Waals surface area contributed by atoms with Crippen molar-refractivity contribution in [2.75, 3.05) is 26.4 Å². The van der Waals surface area contributed by atoms with E-state index in [1.165, 1.54) is 24.3 Å². The molecule has 0 spiro atoms. The first kappa shape index (κ1) is 15.2. The zero-order valence-electron chi connectivity index (χ0n) is 11.3. The number of hydrogen-bond donors (Lipinski definition) is 2. The second-order valence-corrected chi connectivity index (χ2v) is 4.85. The molecule has 1 heterocycles. The van der Waals surface area contributed by atoms with Crippen molar-refractivity contribution in [3.05, 3.63) is 34.4 Å². The summed E-state index contributed by atoms with van der Waals surface area (Å²) in [5.41, 5.74) is -1.13. The van der Waals surface area contributed by atoms with Crippen LogP contribution in [0.5, 0.6) is 5.75 Å². The molecule has 0 saturated carbocycles. The van der Waals surface area contributed by atoms with Crippen molar-refractivity contribution in [1.29, 1.82) is 0 Å². The Morgan fingerprint density at radius 2 is 2.38 bits per heavy atom. The van der Waals surface area contributed by atoms with Crippen LogP contribution in [0.1, 0.15) is 6.42 Å². The topological polar surface area (TPSA) is 111 Å². The summed E-state index contributed by atoms with van der Waals surface area (Å²) in [7, 11) is 0. The van der Waals surface area contributed by atoms with Crippen LogP contribution in [0.15, 0.2) is 24.3 Å². The lowest BCUT2D eigenvalue weighted by molar-refractivity contribution is -0.384. The Labute approximate surface area is 120 Å². The number of benzene rings is 1. The molecule has 114 valence electrons. The average Bonchev–Trinajstić information content (AvgIpc) is 2.90. The Hall–Kier alpha value is -2.19. The van der Waals surface area contributed by atoms with Gasteiger partial charge in [-0.15, -0.1) is 0 Å². The van der Waals surface area contributed by atoms with Gasteiger partial charge in [0.2, 0.25) is 0 Å². The van der Waals surface area contributed by atoms with Gasteiger partial charge in [-0.05, 0) is 6.07 Å². The van der Waals surface area contributed by atoms with Crippen LogP contribution in [0.4, 0.5) is 5.69 Å². The quantitative estimate of drug-likeness (QED) is 0.574. The van der Waals surface area contributed by atoms with E-state index in [1.54, 1.807) is 0 Å². The molecular formula is C13H16N2O6. The van der Waals surface area contributed by atoms with Gasteiger partial charge in [-0.25, -0.2) is 0 Å². The number of nitro groups is 1. The van der Waals surface area contributed by atoms with Crippen LogP contribution < -0.4 is 10.1 Å². The predicted molar refractivity (Wildman–Crippen MR) is 72.0 cm³/mol. The Balaban J connectivity index is 1.78. The predicted octanol–water partition coefficient (Wildman–Crippen LogP) is 0.241. The molecule has 1 aliphatic rings. The molecule has 2 N–H and O–H groups in total. The molecule has 1 fully saturated rings. The highest BCUT2D eigenvalue weighted by Crippen LogP contribution is 2.19. The van der Waals surface area contributed by atoms with Gasteiger partial charge in [0.05, 0.1) is 17.6 Å². The highest BCUT2D eigenvalue weighted by Gasteiger charge is 2.32. The van der Waals surface area contributed by atoms with Crippen molar-refractivity contribution in [3.8, 4) is 5.75 Å². The molecule has 1 atom stereocenters. The van der Waals surface area contributed by atoms with Gasteiger partial charge < -0.3 is 19.9 Å². The van der Waals surface area contributed by atoms with E-state index in [1.807, 2.05) is 0 Å². The average molecular weight is 296 g/mol. The molecular weight excluding hydrogens is 280 g/mol. The zero-order chi connectivity index (χ0) is 15.3. The van der Waals surface area contributed by atoms with Gasteiger partial charge in [-0.1, -0.05) is 6.07 Å². The van der Waals surface area contributed by atoms with Crippen LogP contribution in [0.2, 0.25) is 0 Å².